The Bertz CT molecular complexity index is 1660. The van der Waals surface area contributed by atoms with Gasteiger partial charge in [-0.25, -0.2) is 4.98 Å². The van der Waals surface area contributed by atoms with Gasteiger partial charge in [-0.2, -0.15) is 18.4 Å². The van der Waals surface area contributed by atoms with Crippen LogP contribution in [0.25, 0.3) is 22.0 Å². The van der Waals surface area contributed by atoms with Crippen LogP contribution in [0.2, 0.25) is 0 Å². The van der Waals surface area contributed by atoms with Crippen LogP contribution in [-0.2, 0) is 12.7 Å². The lowest BCUT2D eigenvalue weighted by Gasteiger charge is -2.29. The predicted octanol–water partition coefficient (Wildman–Crippen LogP) is 7.10. The lowest BCUT2D eigenvalue weighted by Crippen LogP contribution is -2.42. The van der Waals surface area contributed by atoms with Crippen LogP contribution in [0.5, 0.6) is 0 Å². The molecule has 3 heterocycles. The first kappa shape index (κ1) is 28.7. The molecule has 43 heavy (non-hydrogen) atoms. The number of amides is 1. The van der Waals surface area contributed by atoms with Crippen molar-refractivity contribution in [1.29, 1.82) is 5.26 Å². The average Bonchev–Trinajstić information content (AvgIpc) is 3.71. The van der Waals surface area contributed by atoms with Crippen LogP contribution in [0.3, 0.4) is 0 Å². The van der Waals surface area contributed by atoms with Crippen LogP contribution in [0.4, 0.5) is 19.0 Å². The summed E-state index contributed by atoms with van der Waals surface area (Å²) < 4.78 is 39.0. The number of anilines is 1. The zero-order valence-electron chi connectivity index (χ0n) is 23.7. The fourth-order valence-electron chi connectivity index (χ4n) is 6.13. The Hall–Kier alpha value is -4.42. The molecule has 3 aromatic carbocycles. The molecule has 220 valence electrons. The van der Waals surface area contributed by atoms with Gasteiger partial charge in [0, 0.05) is 31.1 Å². The summed E-state index contributed by atoms with van der Waals surface area (Å²) in [7, 11) is 0. The zero-order valence-corrected chi connectivity index (χ0v) is 23.7. The minimum absolute atomic E-state index is 0.0383. The van der Waals surface area contributed by atoms with Crippen molar-refractivity contribution >= 4 is 22.6 Å². The van der Waals surface area contributed by atoms with Crippen LogP contribution in [0, 0.1) is 11.3 Å². The predicted molar refractivity (Wildman–Crippen MR) is 160 cm³/mol. The number of carbonyl (C=O) groups excluding carboxylic acids is 1. The highest BCUT2D eigenvalue weighted by atomic mass is 19.4. The van der Waals surface area contributed by atoms with Crippen molar-refractivity contribution in [2.75, 3.05) is 31.5 Å². The number of carbonyl (C=O) groups is 1. The fourth-order valence-corrected chi connectivity index (χ4v) is 6.13. The highest BCUT2D eigenvalue weighted by Gasteiger charge is 2.33. The number of nitriles is 1. The van der Waals surface area contributed by atoms with Crippen LogP contribution in [0.1, 0.15) is 52.7 Å². The molecule has 2 fully saturated rings. The van der Waals surface area contributed by atoms with Crippen molar-refractivity contribution in [3.8, 4) is 17.2 Å². The largest absolute Gasteiger partial charge is 0.416 e. The summed E-state index contributed by atoms with van der Waals surface area (Å²) in [6.07, 6.45) is -0.0625. The molecule has 0 bridgehead atoms. The van der Waals surface area contributed by atoms with E-state index in [9.17, 15) is 23.2 Å². The molecule has 4 aromatic rings. The Morgan fingerprint density at radius 2 is 1.65 bits per heavy atom. The van der Waals surface area contributed by atoms with E-state index in [1.807, 2.05) is 35.2 Å². The third-order valence-electron chi connectivity index (χ3n) is 8.45. The molecule has 6 nitrogen and oxygen atoms in total. The number of hydrogen-bond donors (Lipinski definition) is 1. The van der Waals surface area contributed by atoms with E-state index in [2.05, 4.69) is 16.3 Å². The van der Waals surface area contributed by atoms with Gasteiger partial charge in [0.05, 0.1) is 28.3 Å². The van der Waals surface area contributed by atoms with Crippen molar-refractivity contribution in [3.05, 3.63) is 95.1 Å². The van der Waals surface area contributed by atoms with E-state index in [0.29, 0.717) is 34.6 Å². The summed E-state index contributed by atoms with van der Waals surface area (Å²) in [5, 5.41) is 13.1. The summed E-state index contributed by atoms with van der Waals surface area (Å²) in [4.78, 5) is 23.5. The lowest BCUT2D eigenvalue weighted by atomic mass is 9.99. The third kappa shape index (κ3) is 6.35. The number of rotatable bonds is 7. The second-order valence-corrected chi connectivity index (χ2v) is 11.3. The highest BCUT2D eigenvalue weighted by Crippen LogP contribution is 2.32. The molecule has 6 rings (SSSR count). The van der Waals surface area contributed by atoms with Crippen molar-refractivity contribution < 1.29 is 18.0 Å². The summed E-state index contributed by atoms with van der Waals surface area (Å²) in [5.41, 5.74) is 3.58. The van der Waals surface area contributed by atoms with Crippen LogP contribution >= 0.6 is 0 Å². The molecular weight excluding hydrogens is 551 g/mol. The smallest absolute Gasteiger partial charge is 0.366 e. The maximum atomic E-state index is 14.2. The number of aromatic nitrogens is 1. The van der Waals surface area contributed by atoms with E-state index in [-0.39, 0.29) is 18.5 Å². The fraction of sp³-hybridized carbons (Fsp3) is 0.324. The highest BCUT2D eigenvalue weighted by molar-refractivity contribution is 6.08. The van der Waals surface area contributed by atoms with Gasteiger partial charge in [0.2, 0.25) is 0 Å². The van der Waals surface area contributed by atoms with Gasteiger partial charge in [-0.15, -0.1) is 0 Å². The van der Waals surface area contributed by atoms with Gasteiger partial charge >= 0.3 is 6.18 Å². The number of nitrogens with one attached hydrogen (secondary N) is 1. The average molecular weight is 584 g/mol. The molecule has 0 radical (unpaired) electrons. The number of alkyl halides is 3. The van der Waals surface area contributed by atoms with Crippen molar-refractivity contribution in [2.45, 2.75) is 44.4 Å². The molecule has 0 spiro atoms. The molecule has 9 heteroatoms. The maximum Gasteiger partial charge on any atom is 0.416 e. The first-order valence-corrected chi connectivity index (χ1v) is 14.7. The first-order chi connectivity index (χ1) is 20.8. The van der Waals surface area contributed by atoms with E-state index in [4.69, 9.17) is 4.98 Å². The summed E-state index contributed by atoms with van der Waals surface area (Å²) in [5.74, 6) is 0.445. The summed E-state index contributed by atoms with van der Waals surface area (Å²) >= 11 is 0. The molecule has 0 saturated carbocycles. The Morgan fingerprint density at radius 1 is 0.930 bits per heavy atom. The molecule has 2 saturated heterocycles. The molecule has 2 aliphatic heterocycles. The Balaban J connectivity index is 1.33. The van der Waals surface area contributed by atoms with Gasteiger partial charge < -0.3 is 15.1 Å². The molecule has 1 amide bonds. The van der Waals surface area contributed by atoms with E-state index in [1.165, 1.54) is 25.0 Å². The molecule has 1 N–H and O–H groups in total. The second kappa shape index (κ2) is 12.1. The number of nitrogens with zero attached hydrogens (tertiary/aromatic N) is 4. The second-order valence-electron chi connectivity index (χ2n) is 11.3. The zero-order chi connectivity index (χ0) is 30.0. The standard InChI is InChI=1S/C34H32F3N5O/c35-34(36,37)27-12-7-24(8-13-27)21-39-32-19-30(33(43)42-17-3-4-28(42)22-41-15-1-2-16-41)29-18-26(11-14-31(29)40-32)25-9-5-23(20-38)6-10-25/h5-14,18-19,28H,1-4,15-17,21-22H2,(H,39,40)/t28-/m0/s1. The van der Waals surface area contributed by atoms with E-state index in [0.717, 1.165) is 61.1 Å². The normalized spacial score (nSPS) is 17.3. The van der Waals surface area contributed by atoms with Crippen molar-refractivity contribution in [2.24, 2.45) is 0 Å². The topological polar surface area (TPSA) is 72.3 Å². The summed E-state index contributed by atoms with van der Waals surface area (Å²) in [6, 6.07) is 22.2. The van der Waals surface area contributed by atoms with E-state index in [1.54, 1.807) is 18.2 Å². The summed E-state index contributed by atoms with van der Waals surface area (Å²) in [6.45, 7) is 3.98. The lowest BCUT2D eigenvalue weighted by molar-refractivity contribution is -0.137. The van der Waals surface area contributed by atoms with Crippen molar-refractivity contribution in [3.63, 3.8) is 0 Å². The molecule has 1 aromatic heterocycles. The number of likely N-dealkylation sites (tertiary alicyclic amines) is 2. The third-order valence-corrected chi connectivity index (χ3v) is 8.45. The van der Waals surface area contributed by atoms with Gasteiger partial charge in [0.25, 0.3) is 5.91 Å². The minimum atomic E-state index is -4.39. The number of benzene rings is 3. The Morgan fingerprint density at radius 3 is 2.35 bits per heavy atom. The number of fused-ring (bicyclic) bond motifs is 1. The number of pyridine rings is 1. The minimum Gasteiger partial charge on any atom is -0.366 e. The number of hydrogen-bond acceptors (Lipinski definition) is 5. The molecular formula is C34H32F3N5O. The molecule has 1 atom stereocenters. The Labute approximate surface area is 248 Å². The van der Waals surface area contributed by atoms with Gasteiger partial charge in [-0.05, 0) is 97.9 Å². The van der Waals surface area contributed by atoms with Crippen LogP contribution < -0.4 is 5.32 Å². The Kier molecular flexibility index (Phi) is 8.04. The van der Waals surface area contributed by atoms with E-state index < -0.39 is 11.7 Å². The first-order valence-electron chi connectivity index (χ1n) is 14.7. The van der Waals surface area contributed by atoms with Gasteiger partial charge in [-0.3, -0.25) is 4.79 Å². The van der Waals surface area contributed by atoms with Gasteiger partial charge in [0.15, 0.2) is 0 Å². The van der Waals surface area contributed by atoms with Crippen LogP contribution in [0.15, 0.2) is 72.8 Å². The number of halogens is 3. The SMILES string of the molecule is N#Cc1ccc(-c2ccc3nc(NCc4ccc(C(F)(F)F)cc4)cc(C(=O)N4CCC[C@H]4CN4CCCC4)c3c2)cc1. The monoisotopic (exact) mass is 583 g/mol. The molecule has 2 aliphatic rings. The van der Waals surface area contributed by atoms with E-state index >= 15 is 0 Å². The molecule has 0 unspecified atom stereocenters. The van der Waals surface area contributed by atoms with Crippen LogP contribution in [-0.4, -0.2) is 52.9 Å². The maximum absolute atomic E-state index is 14.2. The van der Waals surface area contributed by atoms with Crippen molar-refractivity contribution in [1.82, 2.24) is 14.8 Å². The quantitative estimate of drug-likeness (QED) is 0.251. The molecule has 0 aliphatic carbocycles. The van der Waals surface area contributed by atoms with Gasteiger partial charge in [0.1, 0.15) is 5.82 Å². The van der Waals surface area contributed by atoms with Gasteiger partial charge in [-0.1, -0.05) is 30.3 Å².